The lowest BCUT2D eigenvalue weighted by Crippen LogP contribution is -2.26. The van der Waals surface area contributed by atoms with Crippen molar-refractivity contribution in [3.05, 3.63) is 65.0 Å². The van der Waals surface area contributed by atoms with Crippen LogP contribution in [0.25, 0.3) is 0 Å². The number of rotatable bonds is 5. The Balaban J connectivity index is 1.63. The molecule has 0 spiro atoms. The van der Waals surface area contributed by atoms with E-state index in [0.717, 1.165) is 24.1 Å². The zero-order valence-corrected chi connectivity index (χ0v) is 12.4. The summed E-state index contributed by atoms with van der Waals surface area (Å²) < 4.78 is 0. The number of likely N-dealkylation sites (N-methyl/N-ethyl adjacent to an activating group) is 1. The predicted molar refractivity (Wildman–Crippen MR) is 83.4 cm³/mol. The number of nitrogens with zero attached hydrogens (tertiary/aromatic N) is 2. The standard InChI is InChI=1S/C18H20N2O/c1-20(12-17-7-2-3-10-19-17)13-18(21)16-9-8-14-5-4-6-15(14)11-16/h2-3,7-11H,4-6,12-13H2,1H3. The summed E-state index contributed by atoms with van der Waals surface area (Å²) in [6, 6.07) is 12.0. The third kappa shape index (κ3) is 3.37. The Morgan fingerprint density at radius 2 is 2.05 bits per heavy atom. The van der Waals surface area contributed by atoms with Crippen molar-refractivity contribution in [3.63, 3.8) is 0 Å². The first-order chi connectivity index (χ1) is 10.2. The van der Waals surface area contributed by atoms with Crippen molar-refractivity contribution in [3.8, 4) is 0 Å². The minimum Gasteiger partial charge on any atom is -0.293 e. The van der Waals surface area contributed by atoms with Gasteiger partial charge in [0.25, 0.3) is 0 Å². The number of carbonyl (C=O) groups excluding carboxylic acids is 1. The Morgan fingerprint density at radius 3 is 2.86 bits per heavy atom. The van der Waals surface area contributed by atoms with Crippen LogP contribution in [0.15, 0.2) is 42.6 Å². The van der Waals surface area contributed by atoms with Crippen molar-refractivity contribution in [2.24, 2.45) is 0 Å². The average molecular weight is 280 g/mol. The highest BCUT2D eigenvalue weighted by Gasteiger charge is 2.15. The molecule has 0 fully saturated rings. The molecule has 1 aromatic heterocycles. The van der Waals surface area contributed by atoms with E-state index in [9.17, 15) is 4.79 Å². The molecule has 2 aromatic rings. The molecule has 1 aromatic carbocycles. The highest BCUT2D eigenvalue weighted by atomic mass is 16.1. The SMILES string of the molecule is CN(CC(=O)c1ccc2c(c1)CCC2)Cc1ccccn1. The normalized spacial score (nSPS) is 13.4. The number of fused-ring (bicyclic) bond motifs is 1. The van der Waals surface area contributed by atoms with E-state index in [-0.39, 0.29) is 5.78 Å². The quantitative estimate of drug-likeness (QED) is 0.790. The van der Waals surface area contributed by atoms with E-state index in [1.165, 1.54) is 17.5 Å². The maximum Gasteiger partial charge on any atom is 0.176 e. The van der Waals surface area contributed by atoms with Gasteiger partial charge in [-0.05, 0) is 55.6 Å². The predicted octanol–water partition coefficient (Wildman–Crippen LogP) is 2.89. The summed E-state index contributed by atoms with van der Waals surface area (Å²) in [5.41, 5.74) is 4.59. The molecule has 0 saturated heterocycles. The van der Waals surface area contributed by atoms with Gasteiger partial charge >= 0.3 is 0 Å². The van der Waals surface area contributed by atoms with Crippen LogP contribution in [0.5, 0.6) is 0 Å². The van der Waals surface area contributed by atoms with Crippen LogP contribution in [-0.4, -0.2) is 29.3 Å². The van der Waals surface area contributed by atoms with Crippen LogP contribution in [0.3, 0.4) is 0 Å². The van der Waals surface area contributed by atoms with Gasteiger partial charge in [0.05, 0.1) is 12.2 Å². The van der Waals surface area contributed by atoms with Crippen LogP contribution in [0.2, 0.25) is 0 Å². The lowest BCUT2D eigenvalue weighted by atomic mass is 10.0. The van der Waals surface area contributed by atoms with E-state index in [0.29, 0.717) is 13.1 Å². The maximum atomic E-state index is 12.4. The van der Waals surface area contributed by atoms with E-state index in [1.807, 2.05) is 36.2 Å². The van der Waals surface area contributed by atoms with Gasteiger partial charge in [0.15, 0.2) is 5.78 Å². The van der Waals surface area contributed by atoms with Crippen molar-refractivity contribution < 1.29 is 4.79 Å². The zero-order valence-electron chi connectivity index (χ0n) is 12.4. The van der Waals surface area contributed by atoms with Gasteiger partial charge in [-0.3, -0.25) is 14.7 Å². The Kier molecular flexibility index (Phi) is 4.11. The fourth-order valence-electron chi connectivity index (χ4n) is 2.91. The third-order valence-corrected chi connectivity index (χ3v) is 3.99. The van der Waals surface area contributed by atoms with Crippen LogP contribution >= 0.6 is 0 Å². The molecule has 3 rings (SSSR count). The van der Waals surface area contributed by atoms with E-state index in [2.05, 4.69) is 17.1 Å². The first kappa shape index (κ1) is 14.0. The molecule has 0 radical (unpaired) electrons. The van der Waals surface area contributed by atoms with Gasteiger partial charge in [-0.2, -0.15) is 0 Å². The molecular weight excluding hydrogens is 260 g/mol. The molecule has 3 heteroatoms. The molecule has 0 saturated carbocycles. The number of Topliss-reactive ketones (excluding diaryl/α,β-unsaturated/α-hetero) is 1. The second-order valence-corrected chi connectivity index (χ2v) is 5.75. The smallest absolute Gasteiger partial charge is 0.176 e. The van der Waals surface area contributed by atoms with Gasteiger partial charge in [-0.15, -0.1) is 0 Å². The van der Waals surface area contributed by atoms with Crippen LogP contribution in [0.1, 0.15) is 33.6 Å². The first-order valence-corrected chi connectivity index (χ1v) is 7.46. The van der Waals surface area contributed by atoms with E-state index < -0.39 is 0 Å². The monoisotopic (exact) mass is 280 g/mol. The van der Waals surface area contributed by atoms with Crippen molar-refractivity contribution >= 4 is 5.78 Å². The van der Waals surface area contributed by atoms with Crippen molar-refractivity contribution in [2.45, 2.75) is 25.8 Å². The summed E-state index contributed by atoms with van der Waals surface area (Å²) in [5.74, 6) is 0.183. The molecular formula is C18H20N2O. The van der Waals surface area contributed by atoms with Crippen LogP contribution in [-0.2, 0) is 19.4 Å². The van der Waals surface area contributed by atoms with E-state index in [1.54, 1.807) is 6.20 Å². The molecule has 1 heterocycles. The summed E-state index contributed by atoms with van der Waals surface area (Å²) in [7, 11) is 1.96. The van der Waals surface area contributed by atoms with Gasteiger partial charge in [0, 0.05) is 18.3 Å². The number of benzene rings is 1. The minimum absolute atomic E-state index is 0.183. The highest BCUT2D eigenvalue weighted by molar-refractivity contribution is 5.97. The lowest BCUT2D eigenvalue weighted by molar-refractivity contribution is 0.0942. The lowest BCUT2D eigenvalue weighted by Gasteiger charge is -2.15. The van der Waals surface area contributed by atoms with E-state index >= 15 is 0 Å². The van der Waals surface area contributed by atoms with E-state index in [4.69, 9.17) is 0 Å². The van der Waals surface area contributed by atoms with Crippen molar-refractivity contribution in [1.29, 1.82) is 0 Å². The van der Waals surface area contributed by atoms with Gasteiger partial charge in [0.2, 0.25) is 0 Å². The molecule has 0 aliphatic heterocycles. The zero-order chi connectivity index (χ0) is 14.7. The molecule has 0 unspecified atom stereocenters. The summed E-state index contributed by atoms with van der Waals surface area (Å²) in [6.07, 6.45) is 5.27. The Morgan fingerprint density at radius 1 is 1.19 bits per heavy atom. The minimum atomic E-state index is 0.183. The molecule has 3 nitrogen and oxygen atoms in total. The van der Waals surface area contributed by atoms with Crippen LogP contribution in [0, 0.1) is 0 Å². The number of ketones is 1. The van der Waals surface area contributed by atoms with Gasteiger partial charge in [-0.1, -0.05) is 18.2 Å². The average Bonchev–Trinajstić information content (AvgIpc) is 2.95. The Hall–Kier alpha value is -2.00. The molecule has 1 aliphatic carbocycles. The van der Waals surface area contributed by atoms with Gasteiger partial charge < -0.3 is 0 Å². The van der Waals surface area contributed by atoms with Crippen LogP contribution < -0.4 is 0 Å². The molecule has 0 amide bonds. The molecule has 0 N–H and O–H groups in total. The van der Waals surface area contributed by atoms with Crippen molar-refractivity contribution in [2.75, 3.05) is 13.6 Å². The van der Waals surface area contributed by atoms with Gasteiger partial charge in [-0.25, -0.2) is 0 Å². The second-order valence-electron chi connectivity index (χ2n) is 5.75. The third-order valence-electron chi connectivity index (χ3n) is 3.99. The summed E-state index contributed by atoms with van der Waals surface area (Å²) in [4.78, 5) is 18.7. The molecule has 21 heavy (non-hydrogen) atoms. The number of carbonyl (C=O) groups is 1. The Labute approximate surface area is 125 Å². The topological polar surface area (TPSA) is 33.2 Å². The largest absolute Gasteiger partial charge is 0.293 e. The number of aryl methyl sites for hydroxylation is 2. The fourth-order valence-corrected chi connectivity index (χ4v) is 2.91. The molecule has 0 atom stereocenters. The summed E-state index contributed by atoms with van der Waals surface area (Å²) in [5, 5.41) is 0. The van der Waals surface area contributed by atoms with Gasteiger partial charge in [0.1, 0.15) is 0 Å². The number of hydrogen-bond donors (Lipinski definition) is 0. The Bertz CT molecular complexity index is 637. The van der Waals surface area contributed by atoms with Crippen molar-refractivity contribution in [1.82, 2.24) is 9.88 Å². The number of pyridine rings is 1. The number of hydrogen-bond acceptors (Lipinski definition) is 3. The highest BCUT2D eigenvalue weighted by Crippen LogP contribution is 2.23. The number of aromatic nitrogens is 1. The second kappa shape index (κ2) is 6.19. The summed E-state index contributed by atoms with van der Waals surface area (Å²) in [6.45, 7) is 1.12. The molecule has 1 aliphatic rings. The van der Waals surface area contributed by atoms with Crippen LogP contribution in [0.4, 0.5) is 0 Å². The summed E-state index contributed by atoms with van der Waals surface area (Å²) >= 11 is 0. The fraction of sp³-hybridized carbons (Fsp3) is 0.333. The maximum absolute atomic E-state index is 12.4. The molecule has 0 bridgehead atoms. The molecule has 108 valence electrons. The first-order valence-electron chi connectivity index (χ1n) is 7.46.